The first-order valence-corrected chi connectivity index (χ1v) is 9.99. The zero-order valence-electron chi connectivity index (χ0n) is 17.3. The van der Waals surface area contributed by atoms with Crippen LogP contribution in [-0.4, -0.2) is 22.3 Å². The van der Waals surface area contributed by atoms with Crippen LogP contribution in [0, 0.1) is 5.82 Å². The summed E-state index contributed by atoms with van der Waals surface area (Å²) in [5.74, 6) is 0.358. The van der Waals surface area contributed by atoms with Crippen molar-refractivity contribution in [1.29, 1.82) is 0 Å². The molecule has 33 heavy (non-hydrogen) atoms. The minimum absolute atomic E-state index is 0.122. The Bertz CT molecular complexity index is 1670. The summed E-state index contributed by atoms with van der Waals surface area (Å²) in [6, 6.07) is 15.8. The van der Waals surface area contributed by atoms with Gasteiger partial charge in [0.1, 0.15) is 11.6 Å². The molecule has 0 fully saturated rings. The normalized spacial score (nSPS) is 11.5. The van der Waals surface area contributed by atoms with E-state index in [2.05, 4.69) is 15.2 Å². The van der Waals surface area contributed by atoms with Crippen LogP contribution in [-0.2, 0) is 0 Å². The lowest BCUT2D eigenvalue weighted by atomic mass is 10.1. The van der Waals surface area contributed by atoms with Gasteiger partial charge in [-0.15, -0.1) is 10.2 Å². The van der Waals surface area contributed by atoms with Crippen LogP contribution in [0.25, 0.3) is 45.3 Å². The maximum atomic E-state index is 13.6. The summed E-state index contributed by atoms with van der Waals surface area (Å²) < 4.78 is 24.6. The van der Waals surface area contributed by atoms with Gasteiger partial charge in [0.05, 0.1) is 23.6 Å². The number of halogens is 1. The van der Waals surface area contributed by atoms with Crippen molar-refractivity contribution in [2.75, 3.05) is 7.11 Å². The summed E-state index contributed by atoms with van der Waals surface area (Å²) in [4.78, 5) is 28.7. The van der Waals surface area contributed by atoms with Gasteiger partial charge in [-0.3, -0.25) is 9.59 Å². The van der Waals surface area contributed by atoms with Crippen LogP contribution < -0.4 is 15.7 Å². The molecule has 8 heteroatoms. The Kier molecular flexibility index (Phi) is 5.02. The van der Waals surface area contributed by atoms with Gasteiger partial charge in [-0.1, -0.05) is 24.3 Å². The molecule has 1 N–H and O–H groups in total. The molecule has 0 saturated heterocycles. The van der Waals surface area contributed by atoms with Gasteiger partial charge in [0, 0.05) is 22.4 Å². The predicted molar refractivity (Wildman–Crippen MR) is 124 cm³/mol. The highest BCUT2D eigenvalue weighted by Gasteiger charge is 2.14. The molecule has 7 nitrogen and oxygen atoms in total. The topological polar surface area (TPSA) is 98.1 Å². The van der Waals surface area contributed by atoms with Crippen LogP contribution in [0.2, 0.25) is 0 Å². The molecule has 0 radical (unpaired) electrons. The Hall–Kier alpha value is -4.59. The van der Waals surface area contributed by atoms with E-state index in [0.717, 1.165) is 0 Å². The molecule has 0 aliphatic heterocycles. The van der Waals surface area contributed by atoms with Gasteiger partial charge in [0.15, 0.2) is 5.43 Å². The number of benzene rings is 3. The van der Waals surface area contributed by atoms with Crippen LogP contribution in [0.15, 0.2) is 74.7 Å². The number of rotatable bonds is 4. The smallest absolute Gasteiger partial charge is 0.256 e. The van der Waals surface area contributed by atoms with Crippen molar-refractivity contribution in [2.45, 2.75) is 0 Å². The van der Waals surface area contributed by atoms with E-state index in [-0.39, 0.29) is 17.2 Å². The maximum Gasteiger partial charge on any atom is 0.256 e. The molecule has 0 spiro atoms. The lowest BCUT2D eigenvalue weighted by molar-refractivity contribution is 0.412. The van der Waals surface area contributed by atoms with Crippen LogP contribution >= 0.6 is 0 Å². The number of fused-ring (bicyclic) bond motifs is 2. The Labute approximate surface area is 185 Å². The quantitative estimate of drug-likeness (QED) is 0.444. The summed E-state index contributed by atoms with van der Waals surface area (Å²) in [5, 5.41) is 9.00. The molecule has 5 rings (SSSR count). The largest absolute Gasteiger partial charge is 0.496 e. The number of hydrogen-bond acceptors (Lipinski definition) is 6. The predicted octanol–water partition coefficient (Wildman–Crippen LogP) is 4.41. The third-order valence-corrected chi connectivity index (χ3v) is 5.23. The van der Waals surface area contributed by atoms with Crippen molar-refractivity contribution in [1.82, 2.24) is 15.2 Å². The van der Waals surface area contributed by atoms with Gasteiger partial charge in [-0.05, 0) is 42.5 Å². The van der Waals surface area contributed by atoms with Gasteiger partial charge in [-0.2, -0.15) is 0 Å². The van der Waals surface area contributed by atoms with E-state index in [1.807, 2.05) is 0 Å². The molecule has 0 atom stereocenters. The highest BCUT2D eigenvalue weighted by molar-refractivity contribution is 5.96. The highest BCUT2D eigenvalue weighted by Crippen LogP contribution is 2.26. The molecule has 0 unspecified atom stereocenters. The van der Waals surface area contributed by atoms with Crippen LogP contribution in [0.5, 0.6) is 5.75 Å². The third-order valence-electron chi connectivity index (χ3n) is 5.23. The van der Waals surface area contributed by atoms with Gasteiger partial charge < -0.3 is 14.1 Å². The van der Waals surface area contributed by atoms with Gasteiger partial charge in [-0.25, -0.2) is 4.39 Å². The zero-order valence-corrected chi connectivity index (χ0v) is 17.3. The summed E-state index contributed by atoms with van der Waals surface area (Å²) in [6.07, 6.45) is 3.11. The standard InChI is InChI=1S/C25H16FN3O4/c1-32-20-11-10-15(26)13-14(20)9-12-21-28-29-25(33-21)19-8-4-7-18-22(19)27-24(31)17-6-3-2-5-16(17)23(18)30/h2-13H,1H3,(H,27,31)/b12-9+. The van der Waals surface area contributed by atoms with Gasteiger partial charge in [0.25, 0.3) is 5.56 Å². The number of nitrogens with zero attached hydrogens (tertiary/aromatic N) is 2. The molecule has 2 heterocycles. The fraction of sp³-hybridized carbons (Fsp3) is 0.0400. The lowest BCUT2D eigenvalue weighted by Crippen LogP contribution is -2.02. The average Bonchev–Trinajstić information content (AvgIpc) is 3.27. The number of nitrogens with one attached hydrogen (secondary N) is 1. The monoisotopic (exact) mass is 441 g/mol. The second-order valence-corrected chi connectivity index (χ2v) is 7.22. The van der Waals surface area contributed by atoms with Gasteiger partial charge >= 0.3 is 0 Å². The number of aromatic amines is 1. The second kappa shape index (κ2) is 8.16. The second-order valence-electron chi connectivity index (χ2n) is 7.22. The van der Waals surface area contributed by atoms with E-state index in [0.29, 0.717) is 38.6 Å². The fourth-order valence-electron chi connectivity index (χ4n) is 3.67. The number of hydrogen-bond donors (Lipinski definition) is 1. The van der Waals surface area contributed by atoms with Crippen molar-refractivity contribution < 1.29 is 13.5 Å². The zero-order chi connectivity index (χ0) is 22.9. The van der Waals surface area contributed by atoms with Crippen molar-refractivity contribution in [2.24, 2.45) is 0 Å². The van der Waals surface area contributed by atoms with E-state index in [9.17, 15) is 14.0 Å². The van der Waals surface area contributed by atoms with Crippen molar-refractivity contribution in [3.63, 3.8) is 0 Å². The fourth-order valence-corrected chi connectivity index (χ4v) is 3.67. The summed E-state index contributed by atoms with van der Waals surface area (Å²) >= 11 is 0. The van der Waals surface area contributed by atoms with E-state index in [4.69, 9.17) is 9.15 Å². The van der Waals surface area contributed by atoms with Crippen LogP contribution in [0.4, 0.5) is 4.39 Å². The summed E-state index contributed by atoms with van der Waals surface area (Å²) in [5.41, 5.74) is 0.537. The molecule has 3 aromatic carbocycles. The third kappa shape index (κ3) is 3.67. The minimum atomic E-state index is -0.407. The van der Waals surface area contributed by atoms with E-state index >= 15 is 0 Å². The van der Waals surface area contributed by atoms with Crippen LogP contribution in [0.3, 0.4) is 0 Å². The molecular formula is C25H16FN3O4. The molecular weight excluding hydrogens is 425 g/mol. The SMILES string of the molecule is COc1ccc(F)cc1/C=C/c1nnc(-c2cccc3c(=O)c4ccccc4c(=O)[nH]c23)o1. The average molecular weight is 441 g/mol. The van der Waals surface area contributed by atoms with E-state index in [1.54, 1.807) is 48.5 Å². The number of methoxy groups -OCH3 is 1. The van der Waals surface area contributed by atoms with Crippen molar-refractivity contribution in [3.8, 4) is 17.2 Å². The number of aromatic nitrogens is 3. The Balaban J connectivity index is 1.63. The first-order chi connectivity index (χ1) is 16.0. The minimum Gasteiger partial charge on any atom is -0.496 e. The van der Waals surface area contributed by atoms with Crippen LogP contribution in [0.1, 0.15) is 11.5 Å². The molecule has 5 aromatic rings. The molecule has 0 aliphatic rings. The molecule has 0 aliphatic carbocycles. The first kappa shape index (κ1) is 20.3. The van der Waals surface area contributed by atoms with Crippen molar-refractivity contribution >= 4 is 33.8 Å². The Morgan fingerprint density at radius 3 is 2.55 bits per heavy atom. The lowest BCUT2D eigenvalue weighted by Gasteiger charge is -2.03. The van der Waals surface area contributed by atoms with E-state index < -0.39 is 11.4 Å². The summed E-state index contributed by atoms with van der Waals surface area (Å²) in [6.45, 7) is 0. The van der Waals surface area contributed by atoms with Gasteiger partial charge in [0.2, 0.25) is 11.8 Å². The first-order valence-electron chi connectivity index (χ1n) is 9.99. The van der Waals surface area contributed by atoms with E-state index in [1.165, 1.54) is 31.4 Å². The molecule has 0 bridgehead atoms. The molecule has 0 amide bonds. The number of para-hydroxylation sites is 1. The Morgan fingerprint density at radius 2 is 1.73 bits per heavy atom. The molecule has 162 valence electrons. The molecule has 2 aromatic heterocycles. The molecule has 0 saturated carbocycles. The number of ether oxygens (including phenoxy) is 1. The highest BCUT2D eigenvalue weighted by atomic mass is 19.1. The van der Waals surface area contributed by atoms with Crippen molar-refractivity contribution in [3.05, 3.63) is 98.5 Å². The Morgan fingerprint density at radius 1 is 0.939 bits per heavy atom. The summed E-state index contributed by atoms with van der Waals surface area (Å²) in [7, 11) is 1.49. The maximum absolute atomic E-state index is 13.6. The number of H-pyrrole nitrogens is 1.